The van der Waals surface area contributed by atoms with Gasteiger partial charge in [-0.15, -0.1) is 0 Å². The third-order valence-corrected chi connectivity index (χ3v) is 5.88. The average Bonchev–Trinajstić information content (AvgIpc) is 3.52. The minimum atomic E-state index is 0.142. The molecule has 1 atom stereocenters. The van der Waals surface area contributed by atoms with Gasteiger partial charge in [0.15, 0.2) is 5.76 Å². The van der Waals surface area contributed by atoms with Crippen molar-refractivity contribution in [2.75, 3.05) is 24.0 Å². The molecule has 1 aliphatic heterocycles. The highest BCUT2D eigenvalue weighted by Gasteiger charge is 2.31. The lowest BCUT2D eigenvalue weighted by atomic mass is 10.0. The molecule has 164 valence electrons. The zero-order valence-corrected chi connectivity index (χ0v) is 18.9. The van der Waals surface area contributed by atoms with E-state index in [0.29, 0.717) is 0 Å². The van der Waals surface area contributed by atoms with Crippen LogP contribution in [-0.4, -0.2) is 19.8 Å². The Labute approximate surface area is 195 Å². The van der Waals surface area contributed by atoms with Crippen molar-refractivity contribution in [1.29, 1.82) is 0 Å². The molecule has 5 rings (SSSR count). The Morgan fingerprint density at radius 1 is 0.818 bits per heavy atom. The van der Waals surface area contributed by atoms with Crippen molar-refractivity contribution in [3.05, 3.63) is 120 Å². The zero-order valence-electron chi connectivity index (χ0n) is 18.9. The predicted molar refractivity (Wildman–Crippen MR) is 138 cm³/mol. The van der Waals surface area contributed by atoms with Gasteiger partial charge in [0.1, 0.15) is 11.5 Å². The highest BCUT2D eigenvalue weighted by Crippen LogP contribution is 2.36. The van der Waals surface area contributed by atoms with Gasteiger partial charge in [0.2, 0.25) is 0 Å². The first-order valence-electron chi connectivity index (χ1n) is 11.2. The number of hydrazone groups is 1. The minimum absolute atomic E-state index is 0.142. The van der Waals surface area contributed by atoms with Crippen LogP contribution >= 0.6 is 0 Å². The summed E-state index contributed by atoms with van der Waals surface area (Å²) in [6, 6.07) is 33.5. The number of para-hydroxylation sites is 1. The van der Waals surface area contributed by atoms with Crippen molar-refractivity contribution >= 4 is 29.2 Å². The monoisotopic (exact) mass is 433 g/mol. The molecule has 0 N–H and O–H groups in total. The first kappa shape index (κ1) is 20.8. The molecular formula is C29H27N3O. The van der Waals surface area contributed by atoms with Crippen molar-refractivity contribution in [3.8, 4) is 0 Å². The maximum absolute atomic E-state index is 6.17. The van der Waals surface area contributed by atoms with Crippen LogP contribution in [0.15, 0.2) is 107 Å². The molecule has 0 radical (unpaired) electrons. The Kier molecular flexibility index (Phi) is 5.81. The highest BCUT2D eigenvalue weighted by molar-refractivity contribution is 6.01. The molecule has 0 amide bonds. The van der Waals surface area contributed by atoms with Crippen LogP contribution < -0.4 is 9.91 Å². The van der Waals surface area contributed by atoms with E-state index in [0.717, 1.165) is 34.9 Å². The quantitative estimate of drug-likeness (QED) is 0.332. The number of nitrogens with zero attached hydrogens (tertiary/aromatic N) is 3. The number of anilines is 2. The lowest BCUT2D eigenvalue weighted by Crippen LogP contribution is -2.18. The van der Waals surface area contributed by atoms with Crippen molar-refractivity contribution in [2.24, 2.45) is 5.10 Å². The van der Waals surface area contributed by atoms with E-state index >= 15 is 0 Å². The summed E-state index contributed by atoms with van der Waals surface area (Å²) >= 11 is 0. The van der Waals surface area contributed by atoms with Gasteiger partial charge in [-0.05, 0) is 53.6 Å². The first-order valence-corrected chi connectivity index (χ1v) is 11.2. The third kappa shape index (κ3) is 4.60. The second-order valence-corrected chi connectivity index (χ2v) is 8.38. The van der Waals surface area contributed by atoms with Gasteiger partial charge in [0.25, 0.3) is 0 Å². The summed E-state index contributed by atoms with van der Waals surface area (Å²) in [5, 5.41) is 7.08. The van der Waals surface area contributed by atoms with E-state index < -0.39 is 0 Å². The van der Waals surface area contributed by atoms with Gasteiger partial charge in [-0.3, -0.25) is 5.01 Å². The fourth-order valence-corrected chi connectivity index (χ4v) is 4.07. The Balaban J connectivity index is 1.38. The molecule has 0 aliphatic carbocycles. The fraction of sp³-hybridized carbons (Fsp3) is 0.138. The zero-order chi connectivity index (χ0) is 22.6. The van der Waals surface area contributed by atoms with Gasteiger partial charge < -0.3 is 9.32 Å². The van der Waals surface area contributed by atoms with Gasteiger partial charge in [-0.25, -0.2) is 0 Å². The second-order valence-electron chi connectivity index (χ2n) is 8.38. The van der Waals surface area contributed by atoms with E-state index in [1.54, 1.807) is 0 Å². The van der Waals surface area contributed by atoms with Crippen LogP contribution in [0.1, 0.15) is 35.1 Å². The molecular weight excluding hydrogens is 406 g/mol. The molecule has 0 bridgehead atoms. The number of benzene rings is 3. The summed E-state index contributed by atoms with van der Waals surface area (Å²) in [7, 11) is 4.09. The largest absolute Gasteiger partial charge is 0.455 e. The predicted octanol–water partition coefficient (Wildman–Crippen LogP) is 6.87. The molecule has 0 spiro atoms. The summed E-state index contributed by atoms with van der Waals surface area (Å²) in [5.74, 6) is 1.63. The molecule has 2 heterocycles. The van der Waals surface area contributed by atoms with Crippen molar-refractivity contribution in [3.63, 3.8) is 0 Å². The normalized spacial score (nSPS) is 15.8. The molecule has 1 unspecified atom stereocenters. The van der Waals surface area contributed by atoms with E-state index in [9.17, 15) is 0 Å². The lowest BCUT2D eigenvalue weighted by Gasteiger charge is -2.23. The van der Waals surface area contributed by atoms with Crippen LogP contribution in [0.4, 0.5) is 11.4 Å². The molecule has 1 aromatic heterocycles. The highest BCUT2D eigenvalue weighted by atomic mass is 16.3. The van der Waals surface area contributed by atoms with Crippen LogP contribution in [0, 0.1) is 0 Å². The topological polar surface area (TPSA) is 32.0 Å². The van der Waals surface area contributed by atoms with Gasteiger partial charge in [0.05, 0.1) is 11.7 Å². The van der Waals surface area contributed by atoms with Gasteiger partial charge in [-0.2, -0.15) is 5.10 Å². The Bertz CT molecular complexity index is 1260. The number of hydrogen-bond acceptors (Lipinski definition) is 4. The molecule has 3 aromatic carbocycles. The van der Waals surface area contributed by atoms with Crippen molar-refractivity contribution in [1.82, 2.24) is 0 Å². The summed E-state index contributed by atoms with van der Waals surface area (Å²) in [5.41, 5.74) is 5.60. The third-order valence-electron chi connectivity index (χ3n) is 5.88. The summed E-state index contributed by atoms with van der Waals surface area (Å²) in [6.45, 7) is 0. The molecule has 4 nitrogen and oxygen atoms in total. The minimum Gasteiger partial charge on any atom is -0.455 e. The molecule has 0 saturated carbocycles. The molecule has 0 fully saturated rings. The van der Waals surface area contributed by atoms with Crippen LogP contribution in [0.3, 0.4) is 0 Å². The number of rotatable bonds is 6. The standard InChI is InChI=1S/C29H27N3O/c1-31(2)24-16-13-22(14-17-24)15-18-26-19-20-29(33-26)27-21-28(23-9-5-3-6-10-23)32(30-27)25-11-7-4-8-12-25/h3-20,28H,21H2,1-2H3/b18-15+. The van der Waals surface area contributed by atoms with Gasteiger partial charge >= 0.3 is 0 Å². The van der Waals surface area contributed by atoms with E-state index in [1.807, 2.05) is 56.6 Å². The van der Waals surface area contributed by atoms with Crippen LogP contribution in [-0.2, 0) is 0 Å². The summed E-state index contributed by atoms with van der Waals surface area (Å²) in [6.07, 6.45) is 4.87. The van der Waals surface area contributed by atoms with E-state index in [4.69, 9.17) is 9.52 Å². The SMILES string of the molecule is CN(C)c1ccc(/C=C/c2ccc(C3=NN(c4ccccc4)C(c4ccccc4)C3)o2)cc1. The molecule has 4 heteroatoms. The lowest BCUT2D eigenvalue weighted by molar-refractivity contribution is 0.546. The van der Waals surface area contributed by atoms with Crippen molar-refractivity contribution in [2.45, 2.75) is 12.5 Å². The Morgan fingerprint density at radius 3 is 2.21 bits per heavy atom. The first-order chi connectivity index (χ1) is 16.2. The maximum Gasteiger partial charge on any atom is 0.150 e. The summed E-state index contributed by atoms with van der Waals surface area (Å²) < 4.78 is 6.17. The Hall–Kier alpha value is -4.05. The van der Waals surface area contributed by atoms with E-state index in [2.05, 4.69) is 76.6 Å². The Morgan fingerprint density at radius 2 is 1.52 bits per heavy atom. The average molecular weight is 434 g/mol. The smallest absolute Gasteiger partial charge is 0.150 e. The number of hydrogen-bond donors (Lipinski definition) is 0. The second kappa shape index (κ2) is 9.21. The van der Waals surface area contributed by atoms with E-state index in [1.165, 1.54) is 11.3 Å². The molecule has 0 saturated heterocycles. The number of furan rings is 1. The van der Waals surface area contributed by atoms with Gasteiger partial charge in [-0.1, -0.05) is 66.7 Å². The molecule has 1 aliphatic rings. The van der Waals surface area contributed by atoms with Crippen LogP contribution in [0.25, 0.3) is 12.2 Å². The fourth-order valence-electron chi connectivity index (χ4n) is 4.07. The molecule has 4 aromatic rings. The maximum atomic E-state index is 6.17. The van der Waals surface area contributed by atoms with Crippen LogP contribution in [0.5, 0.6) is 0 Å². The van der Waals surface area contributed by atoms with Crippen molar-refractivity contribution < 1.29 is 4.42 Å². The van der Waals surface area contributed by atoms with Crippen LogP contribution in [0.2, 0.25) is 0 Å². The molecule has 33 heavy (non-hydrogen) atoms. The van der Waals surface area contributed by atoms with Gasteiger partial charge in [0, 0.05) is 26.2 Å². The summed E-state index contributed by atoms with van der Waals surface area (Å²) in [4.78, 5) is 2.09. The van der Waals surface area contributed by atoms with E-state index in [-0.39, 0.29) is 6.04 Å².